The van der Waals surface area contributed by atoms with Crippen LogP contribution < -0.4 is 58.5 Å². The van der Waals surface area contributed by atoms with Gasteiger partial charge in [-0.3, -0.25) is 40.7 Å². The van der Waals surface area contributed by atoms with Gasteiger partial charge in [-0.2, -0.15) is 13.2 Å². The summed E-state index contributed by atoms with van der Waals surface area (Å²) in [4.78, 5) is 76.5. The molecule has 4 aliphatic heterocycles. The molecule has 5 amide bonds. The molecule has 28 nitrogen and oxygen atoms in total. The Labute approximate surface area is 807 Å². The summed E-state index contributed by atoms with van der Waals surface area (Å²) in [7, 11) is 5.25. The van der Waals surface area contributed by atoms with Gasteiger partial charge in [-0.15, -0.1) is 0 Å². The molecule has 3 aromatic carbocycles. The van der Waals surface area contributed by atoms with Gasteiger partial charge in [0.2, 0.25) is 5.96 Å². The number of fused-ring (bicyclic) bond motifs is 2. The first kappa shape index (κ1) is 110. The lowest BCUT2D eigenvalue weighted by Crippen LogP contribution is -2.49. The number of hydrogen-bond acceptors (Lipinski definition) is 16. The molecule has 0 spiro atoms. The average Bonchev–Trinajstić information content (AvgIpc) is 1.72. The number of ether oxygens (including phenoxy) is 2. The molecule has 12 aliphatic rings. The van der Waals surface area contributed by atoms with Crippen LogP contribution in [0.3, 0.4) is 0 Å². The highest BCUT2D eigenvalue weighted by Crippen LogP contribution is 2.28. The van der Waals surface area contributed by atoms with Gasteiger partial charge in [-0.25, -0.2) is 24.6 Å². The molecule has 8 aliphatic carbocycles. The summed E-state index contributed by atoms with van der Waals surface area (Å²) in [5, 5.41) is 43.4. The monoisotopic (exact) mass is 1880 g/mol. The lowest BCUT2D eigenvalue weighted by atomic mass is 9.95. The van der Waals surface area contributed by atoms with E-state index in [0.29, 0.717) is 98.0 Å². The van der Waals surface area contributed by atoms with Crippen LogP contribution in [-0.4, -0.2) is 252 Å². The smallest absolute Gasteiger partial charge is 0.394 e. The minimum absolute atomic E-state index is 0.0806. The van der Waals surface area contributed by atoms with Gasteiger partial charge in [0.05, 0.1) is 63.1 Å². The first-order chi connectivity index (χ1) is 66.0. The van der Waals surface area contributed by atoms with Crippen molar-refractivity contribution in [2.45, 2.75) is 376 Å². The summed E-state index contributed by atoms with van der Waals surface area (Å²) in [5.74, 6) is 3.60. The number of anilines is 2. The molecule has 4 heterocycles. The standard InChI is InChI=1S/C20H30N4O.C17H33N3O2.C16H30N4O.C16H31N3O.C15H12F3N3O.C11H20N2.C9H17N3/c25-20(23-18-14-8-3-9-15-18)24-19(21-16-10-4-1-5-11-16)22-17-12-6-2-7-13-17;21-12-14-22-13-11-18-17(19-15-7-3-1-4-8-15)20-16-9-5-2-6-10-16;1-20(2)16(21)19-15(17-13-9-5-3-6-10-13)18-14-11-7-4-8-12-14;1-20-13-12-17-16(18-14-8-4-2-5-9-14)19-15-10-6-3-7-11-15;16-15(17,18)13(22)21-14(19-11-7-3-1-4-8-11)20-12-9-5-2-6-10-12;1-3-7-11-12-8-4-2-6-10-13(11)9-5-1;1-2-5-11-7-8-12-6-3-4-10-9(11)12/h3,8-9,14-17H,1-2,4-7,10-13H2,(H3,21,22,23,24,25);15-16,21H,1-14H2,(H2,18,19,20);13-14H,3-12H2,1-2H3,(H2,17,18,19,21);14-15H,2-13H2,1H3,(H2,17,18,19);1-10H,(H2,19,20,21,22);1-10H2;2-8H2,1H3. The van der Waals surface area contributed by atoms with Crippen LogP contribution in [0.1, 0.15) is 322 Å². The van der Waals surface area contributed by atoms with Crippen molar-refractivity contribution < 1.29 is 42.1 Å². The molecule has 2 saturated heterocycles. The minimum Gasteiger partial charge on any atom is -0.394 e. The maximum atomic E-state index is 12.4. The van der Waals surface area contributed by atoms with E-state index in [1.807, 2.05) is 30.3 Å². The third kappa shape index (κ3) is 46.8. The summed E-state index contributed by atoms with van der Waals surface area (Å²) in [6, 6.07) is 29.9. The Kier molecular flexibility index (Phi) is 54.0. The number of aliphatic hydroxyl groups is 1. The Balaban J connectivity index is 0.000000179. The first-order valence-electron chi connectivity index (χ1n) is 52.8. The molecule has 0 radical (unpaired) electrons. The number of urea groups is 2. The van der Waals surface area contributed by atoms with Gasteiger partial charge in [0.15, 0.2) is 29.8 Å². The Bertz CT molecular complexity index is 3850. The third-order valence-electron chi connectivity index (χ3n) is 26.8. The number of carbonyl (C=O) groups excluding carboxylic acids is 3. The molecule has 135 heavy (non-hydrogen) atoms. The lowest BCUT2D eigenvalue weighted by Gasteiger charge is -2.29. The molecule has 0 bridgehead atoms. The van der Waals surface area contributed by atoms with Gasteiger partial charge in [0, 0.05) is 128 Å². The fourth-order valence-electron chi connectivity index (χ4n) is 19.3. The zero-order chi connectivity index (χ0) is 95.2. The highest BCUT2D eigenvalue weighted by molar-refractivity contribution is 6.06. The van der Waals surface area contributed by atoms with E-state index in [0.717, 1.165) is 75.8 Å². The number of aliphatic imine (C=N–C) groups is 7. The van der Waals surface area contributed by atoms with Gasteiger partial charge in [0.25, 0.3) is 0 Å². The number of para-hydroxylation sites is 3. The lowest BCUT2D eigenvalue weighted by molar-refractivity contribution is -0.171. The van der Waals surface area contributed by atoms with Crippen molar-refractivity contribution in [3.05, 3.63) is 91.0 Å². The number of benzene rings is 3. The number of amidine groups is 1. The van der Waals surface area contributed by atoms with Crippen molar-refractivity contribution in [1.82, 2.24) is 67.5 Å². The number of nitrogens with zero attached hydrogens (tertiary/aromatic N) is 11. The molecule has 0 atom stereocenters. The van der Waals surface area contributed by atoms with E-state index in [-0.39, 0.29) is 24.6 Å². The number of alkyl halides is 3. The Hall–Kier alpha value is -8.97. The van der Waals surface area contributed by atoms with Gasteiger partial charge >= 0.3 is 24.1 Å². The summed E-state index contributed by atoms with van der Waals surface area (Å²) in [6.07, 6.45) is 57.8. The van der Waals surface area contributed by atoms with Crippen molar-refractivity contribution in [3.8, 4) is 0 Å². The van der Waals surface area contributed by atoms with Crippen LogP contribution in [-0.2, 0) is 14.3 Å². The number of methoxy groups -OCH3 is 1. The zero-order valence-electron chi connectivity index (χ0n) is 82.9. The number of guanidine groups is 6. The van der Waals surface area contributed by atoms with Crippen LogP contribution >= 0.6 is 0 Å². The third-order valence-corrected chi connectivity index (χ3v) is 26.8. The van der Waals surface area contributed by atoms with Crippen LogP contribution in [0.25, 0.3) is 0 Å². The number of halogens is 3. The van der Waals surface area contributed by atoms with Crippen molar-refractivity contribution in [1.29, 1.82) is 0 Å². The van der Waals surface area contributed by atoms with Gasteiger partial charge in [0.1, 0.15) is 0 Å². The van der Waals surface area contributed by atoms with E-state index in [9.17, 15) is 27.6 Å². The highest BCUT2D eigenvalue weighted by Gasteiger charge is 2.40. The maximum absolute atomic E-state index is 12.4. The molecule has 31 heteroatoms. The highest BCUT2D eigenvalue weighted by atomic mass is 19.4. The predicted octanol–water partition coefficient (Wildman–Crippen LogP) is 19.0. The quantitative estimate of drug-likeness (QED) is 0.0268. The van der Waals surface area contributed by atoms with E-state index in [1.165, 1.54) is 327 Å². The van der Waals surface area contributed by atoms with Crippen LogP contribution in [0.2, 0.25) is 0 Å². The molecular weight excluding hydrogens is 1710 g/mol. The fourth-order valence-corrected chi connectivity index (χ4v) is 19.3. The molecule has 3 aromatic rings. The van der Waals surface area contributed by atoms with Crippen LogP contribution in [0.4, 0.5) is 39.8 Å². The van der Waals surface area contributed by atoms with E-state index in [4.69, 9.17) is 29.6 Å². The molecule has 12 N–H and O–H groups in total. The second-order valence-electron chi connectivity index (χ2n) is 38.4. The van der Waals surface area contributed by atoms with Gasteiger partial charge < -0.3 is 76.7 Å². The van der Waals surface area contributed by atoms with Crippen LogP contribution in [0, 0.1) is 0 Å². The summed E-state index contributed by atoms with van der Waals surface area (Å²) in [5.41, 5.74) is 1.69. The number of nitrogens with one attached hydrogen (secondary N) is 11. The van der Waals surface area contributed by atoms with Crippen molar-refractivity contribution in [3.63, 3.8) is 0 Å². The molecular formula is C104H173F3N22O6. The molecule has 8 saturated carbocycles. The first-order valence-corrected chi connectivity index (χ1v) is 52.8. The van der Waals surface area contributed by atoms with E-state index in [1.54, 1.807) is 92.1 Å². The topological polar surface area (TPSA) is 322 Å². The van der Waals surface area contributed by atoms with Crippen molar-refractivity contribution in [2.24, 2.45) is 34.9 Å². The zero-order valence-corrected chi connectivity index (χ0v) is 82.9. The summed E-state index contributed by atoms with van der Waals surface area (Å²) in [6.45, 7) is 14.8. The SMILES string of the molecule is C1CCN=C2CCCCCN2CC1.CCCN1CCN2CCCN=C12.CN(C)C(=O)NC(=NC1CCCCC1)NC1CCCCC1.COCCN=C(NC1CCCCC1)NC1CCCCC1.O=C(NC(=NC1CCCCC1)NC1CCCCC1)Nc1ccccc1.O=C(NC(=Nc1ccccc1)Nc1ccccc1)C(F)(F)F.OCCOCCN=C(NC1CCCCC1)NC1CCCCC1. The average molecular weight is 1880 g/mol. The second-order valence-corrected chi connectivity index (χ2v) is 38.4. The number of amides is 5. The minimum atomic E-state index is -4.99. The van der Waals surface area contributed by atoms with Crippen LogP contribution in [0.5, 0.6) is 0 Å². The van der Waals surface area contributed by atoms with Crippen molar-refractivity contribution in [2.75, 3.05) is 124 Å². The normalized spacial score (nSPS) is 20.0. The number of carbonyl (C=O) groups is 3. The molecule has 0 unspecified atom stereocenters. The molecule has 15 rings (SSSR count). The number of hydrogen-bond donors (Lipinski definition) is 12. The van der Waals surface area contributed by atoms with Crippen LogP contribution in [0.15, 0.2) is 126 Å². The largest absolute Gasteiger partial charge is 0.471 e. The molecule has 10 fully saturated rings. The fraction of sp³-hybridized carbons (Fsp3) is 0.731. The number of rotatable bonds is 21. The Morgan fingerprint density at radius 1 is 0.430 bits per heavy atom. The van der Waals surface area contributed by atoms with E-state index in [2.05, 4.69) is 94.8 Å². The van der Waals surface area contributed by atoms with E-state index >= 15 is 0 Å². The molecule has 0 aromatic heterocycles. The van der Waals surface area contributed by atoms with E-state index < -0.39 is 12.1 Å². The van der Waals surface area contributed by atoms with Crippen molar-refractivity contribution >= 4 is 76.6 Å². The molecule has 756 valence electrons. The Morgan fingerprint density at radius 3 is 1.27 bits per heavy atom. The summed E-state index contributed by atoms with van der Waals surface area (Å²) >= 11 is 0. The Morgan fingerprint density at radius 2 is 0.830 bits per heavy atom. The number of aliphatic hydroxyl groups excluding tert-OH is 1. The second kappa shape index (κ2) is 66.5. The van der Waals surface area contributed by atoms with Gasteiger partial charge in [-0.05, 0) is 184 Å². The summed E-state index contributed by atoms with van der Waals surface area (Å²) < 4.78 is 47.6. The predicted molar refractivity (Wildman–Crippen MR) is 548 cm³/mol. The van der Waals surface area contributed by atoms with Gasteiger partial charge in [-0.1, -0.05) is 222 Å². The maximum Gasteiger partial charge on any atom is 0.471 e.